The van der Waals surface area contributed by atoms with E-state index in [0.29, 0.717) is 18.0 Å². The smallest absolute Gasteiger partial charge is 0.246 e. The minimum atomic E-state index is -0.526. The lowest BCUT2D eigenvalue weighted by molar-refractivity contribution is -0.158. The van der Waals surface area contributed by atoms with Gasteiger partial charge in [0.25, 0.3) is 0 Å². The zero-order valence-electron chi connectivity index (χ0n) is 18.5. The molecule has 0 bridgehead atoms. The van der Waals surface area contributed by atoms with Crippen molar-refractivity contribution in [3.63, 3.8) is 0 Å². The first kappa shape index (κ1) is 21.0. The molecule has 172 valence electrons. The van der Waals surface area contributed by atoms with Crippen LogP contribution in [0.4, 0.5) is 0 Å². The molecule has 2 aromatic heterocycles. The van der Waals surface area contributed by atoms with Gasteiger partial charge in [-0.2, -0.15) is 0 Å². The predicted molar refractivity (Wildman–Crippen MR) is 129 cm³/mol. The van der Waals surface area contributed by atoms with E-state index in [1.54, 1.807) is 22.3 Å². The number of rotatable bonds is 5. The zero-order chi connectivity index (χ0) is 23.2. The molecule has 0 aliphatic carbocycles. The molecule has 0 saturated carbocycles. The highest BCUT2D eigenvalue weighted by atomic mass is 35.5. The van der Waals surface area contributed by atoms with Crippen molar-refractivity contribution >= 4 is 34.3 Å². The molecule has 2 aromatic carbocycles. The maximum absolute atomic E-state index is 13.7. The van der Waals surface area contributed by atoms with Crippen molar-refractivity contribution in [1.29, 1.82) is 0 Å². The van der Waals surface area contributed by atoms with Gasteiger partial charge in [-0.25, -0.2) is 4.98 Å². The third-order valence-corrected chi connectivity index (χ3v) is 7.18. The molecule has 0 radical (unpaired) electrons. The van der Waals surface area contributed by atoms with E-state index >= 15 is 0 Å². The number of halogens is 1. The fourth-order valence-electron chi connectivity index (χ4n) is 5.37. The molecule has 4 heterocycles. The number of amides is 2. The highest BCUT2D eigenvalue weighted by Crippen LogP contribution is 2.42. The van der Waals surface area contributed by atoms with Crippen molar-refractivity contribution in [2.75, 3.05) is 13.1 Å². The van der Waals surface area contributed by atoms with E-state index < -0.39 is 6.04 Å². The fraction of sp³-hybridized carbons (Fsp3) is 0.269. The van der Waals surface area contributed by atoms with E-state index in [-0.39, 0.29) is 24.4 Å². The molecule has 4 aromatic rings. The monoisotopic (exact) mass is 473 g/mol. The Morgan fingerprint density at radius 2 is 1.88 bits per heavy atom. The van der Waals surface area contributed by atoms with Gasteiger partial charge in [0.2, 0.25) is 11.8 Å². The van der Waals surface area contributed by atoms with Crippen molar-refractivity contribution in [2.45, 2.75) is 31.5 Å². The van der Waals surface area contributed by atoms with E-state index in [9.17, 15) is 9.59 Å². The topological polar surface area (TPSA) is 74.2 Å². The molecule has 2 amide bonds. The van der Waals surface area contributed by atoms with Crippen molar-refractivity contribution in [1.82, 2.24) is 24.3 Å². The van der Waals surface area contributed by atoms with E-state index in [1.165, 1.54) is 0 Å². The molecule has 1 fully saturated rings. The SMILES string of the molecule is O=C1[C@H]2Cc3c([nH]c4ccccc34)[C@@H](c3ccc(Cl)cc3)N2C(=O)CN1CCCn1ccnc1. The van der Waals surface area contributed by atoms with Gasteiger partial charge in [-0.05, 0) is 35.7 Å². The Hall–Kier alpha value is -3.58. The van der Waals surface area contributed by atoms with Crippen LogP contribution >= 0.6 is 11.6 Å². The van der Waals surface area contributed by atoms with Crippen LogP contribution in [0.15, 0.2) is 67.3 Å². The van der Waals surface area contributed by atoms with Gasteiger partial charge in [0.05, 0.1) is 18.9 Å². The molecule has 1 saturated heterocycles. The zero-order valence-corrected chi connectivity index (χ0v) is 19.3. The summed E-state index contributed by atoms with van der Waals surface area (Å²) in [7, 11) is 0. The number of aromatic nitrogens is 3. The summed E-state index contributed by atoms with van der Waals surface area (Å²) in [4.78, 5) is 38.3. The van der Waals surface area contributed by atoms with Crippen molar-refractivity contribution in [3.8, 4) is 0 Å². The van der Waals surface area contributed by atoms with Crippen molar-refractivity contribution in [2.24, 2.45) is 0 Å². The van der Waals surface area contributed by atoms with Gasteiger partial charge >= 0.3 is 0 Å². The first-order valence-corrected chi connectivity index (χ1v) is 11.9. The number of fused-ring (bicyclic) bond motifs is 4. The highest BCUT2D eigenvalue weighted by Gasteiger charge is 2.48. The summed E-state index contributed by atoms with van der Waals surface area (Å²) < 4.78 is 1.98. The quantitative estimate of drug-likeness (QED) is 0.479. The average Bonchev–Trinajstić information content (AvgIpc) is 3.49. The normalized spacial score (nSPS) is 20.0. The summed E-state index contributed by atoms with van der Waals surface area (Å²) in [5.41, 5.74) is 4.05. The number of para-hydroxylation sites is 1. The van der Waals surface area contributed by atoms with Crippen LogP contribution < -0.4 is 0 Å². The van der Waals surface area contributed by atoms with Crippen LogP contribution in [-0.4, -0.2) is 55.3 Å². The third-order valence-electron chi connectivity index (χ3n) is 6.93. The molecule has 0 spiro atoms. The molecule has 7 nitrogen and oxygen atoms in total. The lowest BCUT2D eigenvalue weighted by atomic mass is 9.86. The number of benzene rings is 2. The Morgan fingerprint density at radius 3 is 2.68 bits per heavy atom. The molecule has 2 atom stereocenters. The van der Waals surface area contributed by atoms with Gasteiger partial charge in [0.1, 0.15) is 6.04 Å². The van der Waals surface area contributed by atoms with Gasteiger partial charge in [0.15, 0.2) is 0 Å². The van der Waals surface area contributed by atoms with Crippen molar-refractivity contribution < 1.29 is 9.59 Å². The second kappa shape index (κ2) is 8.33. The predicted octanol–water partition coefficient (Wildman–Crippen LogP) is 3.79. The molecular formula is C26H24ClN5O2. The molecular weight excluding hydrogens is 450 g/mol. The summed E-state index contributed by atoms with van der Waals surface area (Å²) in [6.45, 7) is 1.39. The number of nitrogens with one attached hydrogen (secondary N) is 1. The van der Waals surface area contributed by atoms with E-state index in [1.807, 2.05) is 53.2 Å². The fourth-order valence-corrected chi connectivity index (χ4v) is 5.49. The van der Waals surface area contributed by atoms with Gasteiger partial charge in [-0.15, -0.1) is 0 Å². The molecule has 34 heavy (non-hydrogen) atoms. The number of aryl methyl sites for hydroxylation is 1. The van der Waals surface area contributed by atoms with E-state index in [0.717, 1.165) is 40.7 Å². The molecule has 0 unspecified atom stereocenters. The highest BCUT2D eigenvalue weighted by molar-refractivity contribution is 6.30. The first-order valence-electron chi connectivity index (χ1n) is 11.5. The number of nitrogens with zero attached hydrogens (tertiary/aromatic N) is 4. The van der Waals surface area contributed by atoms with Crippen LogP contribution in [0.5, 0.6) is 0 Å². The number of carbonyl (C=O) groups excluding carboxylic acids is 2. The molecule has 1 N–H and O–H groups in total. The maximum Gasteiger partial charge on any atom is 0.246 e. The van der Waals surface area contributed by atoms with Gasteiger partial charge in [0, 0.05) is 53.5 Å². The second-order valence-electron chi connectivity index (χ2n) is 8.95. The lowest BCUT2D eigenvalue weighted by Crippen LogP contribution is -2.63. The number of imidazole rings is 1. The third kappa shape index (κ3) is 3.47. The summed E-state index contributed by atoms with van der Waals surface area (Å²) in [6.07, 6.45) is 6.68. The molecule has 6 rings (SSSR count). The van der Waals surface area contributed by atoms with Crippen LogP contribution in [-0.2, 0) is 22.6 Å². The van der Waals surface area contributed by atoms with Gasteiger partial charge in [-0.3, -0.25) is 9.59 Å². The Labute approximate surface area is 201 Å². The van der Waals surface area contributed by atoms with Crippen LogP contribution in [0.3, 0.4) is 0 Å². The molecule has 2 aliphatic rings. The number of hydrogen-bond donors (Lipinski definition) is 1. The number of H-pyrrole nitrogens is 1. The lowest BCUT2D eigenvalue weighted by Gasteiger charge is -2.47. The van der Waals surface area contributed by atoms with Crippen molar-refractivity contribution in [3.05, 3.63) is 89.1 Å². The average molecular weight is 474 g/mol. The second-order valence-corrected chi connectivity index (χ2v) is 9.39. The summed E-state index contributed by atoms with van der Waals surface area (Å²) in [5, 5.41) is 1.74. The molecule has 8 heteroatoms. The summed E-state index contributed by atoms with van der Waals surface area (Å²) >= 11 is 6.15. The number of aromatic amines is 1. The Bertz CT molecular complexity index is 1360. The van der Waals surface area contributed by atoms with Crippen LogP contribution in [0.25, 0.3) is 10.9 Å². The van der Waals surface area contributed by atoms with Crippen LogP contribution in [0, 0.1) is 0 Å². The van der Waals surface area contributed by atoms with E-state index in [4.69, 9.17) is 11.6 Å². The Kier molecular flexibility index (Phi) is 5.14. The van der Waals surface area contributed by atoms with Gasteiger partial charge in [-0.1, -0.05) is 41.9 Å². The van der Waals surface area contributed by atoms with Gasteiger partial charge < -0.3 is 19.4 Å². The standard InChI is InChI=1S/C26H24ClN5O2/c27-18-8-6-17(7-9-18)25-24-20(19-4-1-2-5-21(19)29-24)14-22-26(34)31(15-23(33)32(22)25)12-3-11-30-13-10-28-16-30/h1-2,4-10,13,16,22,25,29H,3,11-12,14-15H2/t22-,25-/m1/s1. The van der Waals surface area contributed by atoms with Crippen LogP contribution in [0.2, 0.25) is 5.02 Å². The first-order chi connectivity index (χ1) is 16.6. The number of carbonyl (C=O) groups is 2. The van der Waals surface area contributed by atoms with E-state index in [2.05, 4.69) is 16.0 Å². The largest absolute Gasteiger partial charge is 0.356 e. The Balaban J connectivity index is 1.37. The summed E-state index contributed by atoms with van der Waals surface area (Å²) in [5.74, 6) is -0.0170. The Morgan fingerprint density at radius 1 is 1.06 bits per heavy atom. The molecule has 2 aliphatic heterocycles. The van der Waals surface area contributed by atoms with Crippen LogP contribution in [0.1, 0.15) is 29.3 Å². The minimum Gasteiger partial charge on any atom is -0.356 e. The minimum absolute atomic E-state index is 0.0140. The number of piperazine rings is 1. The number of hydrogen-bond acceptors (Lipinski definition) is 3. The summed E-state index contributed by atoms with van der Waals surface area (Å²) in [6, 6.07) is 14.8. The maximum atomic E-state index is 13.7.